The molecule has 1 aromatic carbocycles. The van der Waals surface area contributed by atoms with Crippen LogP contribution in [0.4, 0.5) is 5.69 Å². The minimum Gasteiger partial charge on any atom is -0.341 e. The minimum atomic E-state index is -0.442. The summed E-state index contributed by atoms with van der Waals surface area (Å²) >= 11 is 5.92. The van der Waals surface area contributed by atoms with Crippen molar-refractivity contribution in [2.75, 3.05) is 13.6 Å². The van der Waals surface area contributed by atoms with E-state index in [4.69, 9.17) is 11.6 Å². The Morgan fingerprint density at radius 1 is 1.50 bits per heavy atom. The third-order valence-electron chi connectivity index (χ3n) is 3.70. The molecular weight excluding hydrogens is 280 g/mol. The molecule has 5 nitrogen and oxygen atoms in total. The number of hydrogen-bond donors (Lipinski definition) is 0. The molecule has 0 heterocycles. The molecule has 108 valence electrons. The van der Waals surface area contributed by atoms with Gasteiger partial charge in [0.05, 0.1) is 4.92 Å². The van der Waals surface area contributed by atoms with Gasteiger partial charge in [0.15, 0.2) is 0 Å². The first-order valence-electron chi connectivity index (χ1n) is 6.53. The lowest BCUT2D eigenvalue weighted by Crippen LogP contribution is -2.37. The average Bonchev–Trinajstić information content (AvgIpc) is 2.35. The molecule has 20 heavy (non-hydrogen) atoms. The van der Waals surface area contributed by atoms with Crippen LogP contribution >= 0.6 is 11.6 Å². The number of amides is 1. The molecule has 1 saturated carbocycles. The summed E-state index contributed by atoms with van der Waals surface area (Å²) in [6.07, 6.45) is 1.89. The molecular formula is C14H17ClN2O3. The standard InChI is InChI=1S/C14H17ClN2O3/c1-9-5-11(3-4-13(9)17(19)20)14(18)16(2)8-10-6-12(15)7-10/h3-5,10,12H,6-8H2,1-2H3. The van der Waals surface area contributed by atoms with Crippen molar-refractivity contribution in [3.63, 3.8) is 0 Å². The van der Waals surface area contributed by atoms with Crippen molar-refractivity contribution in [1.82, 2.24) is 4.90 Å². The first-order chi connectivity index (χ1) is 9.38. The maximum atomic E-state index is 12.3. The second-order valence-electron chi connectivity index (χ2n) is 5.38. The van der Waals surface area contributed by atoms with Crippen LogP contribution < -0.4 is 0 Å². The van der Waals surface area contributed by atoms with E-state index in [9.17, 15) is 14.9 Å². The van der Waals surface area contributed by atoms with Gasteiger partial charge in [-0.1, -0.05) is 0 Å². The highest BCUT2D eigenvalue weighted by Crippen LogP contribution is 2.32. The number of aryl methyl sites for hydroxylation is 1. The predicted molar refractivity (Wildman–Crippen MR) is 77.2 cm³/mol. The quantitative estimate of drug-likeness (QED) is 0.487. The Morgan fingerprint density at radius 3 is 2.65 bits per heavy atom. The molecule has 6 heteroatoms. The minimum absolute atomic E-state index is 0.0353. The predicted octanol–water partition coefficient (Wildman–Crippen LogP) is 2.99. The summed E-state index contributed by atoms with van der Waals surface area (Å²) in [5.74, 6) is 0.353. The van der Waals surface area contributed by atoms with Gasteiger partial charge in [0.1, 0.15) is 0 Å². The largest absolute Gasteiger partial charge is 0.341 e. The van der Waals surface area contributed by atoms with Crippen molar-refractivity contribution in [2.24, 2.45) is 5.92 Å². The Kier molecular flexibility index (Phi) is 4.28. The molecule has 0 aliphatic heterocycles. The molecule has 1 aromatic rings. The lowest BCUT2D eigenvalue weighted by Gasteiger charge is -2.34. The maximum Gasteiger partial charge on any atom is 0.272 e. The van der Waals surface area contributed by atoms with Gasteiger partial charge in [-0.2, -0.15) is 0 Å². The van der Waals surface area contributed by atoms with Gasteiger partial charge < -0.3 is 4.90 Å². The van der Waals surface area contributed by atoms with Gasteiger partial charge in [-0.25, -0.2) is 0 Å². The molecule has 0 N–H and O–H groups in total. The SMILES string of the molecule is Cc1cc(C(=O)N(C)CC2CC(Cl)C2)ccc1[N+](=O)[O-]. The Morgan fingerprint density at radius 2 is 2.15 bits per heavy atom. The van der Waals surface area contributed by atoms with Crippen LogP contribution in [0.5, 0.6) is 0 Å². The summed E-state index contributed by atoms with van der Waals surface area (Å²) in [6.45, 7) is 2.32. The topological polar surface area (TPSA) is 63.5 Å². The van der Waals surface area contributed by atoms with E-state index in [2.05, 4.69) is 0 Å². The van der Waals surface area contributed by atoms with Gasteiger partial charge in [-0.3, -0.25) is 14.9 Å². The molecule has 0 atom stereocenters. The second-order valence-corrected chi connectivity index (χ2v) is 6.00. The molecule has 1 aliphatic rings. The summed E-state index contributed by atoms with van der Waals surface area (Å²) in [4.78, 5) is 24.2. The van der Waals surface area contributed by atoms with Gasteiger partial charge in [0.2, 0.25) is 0 Å². The van der Waals surface area contributed by atoms with Crippen LogP contribution in [0, 0.1) is 23.0 Å². The molecule has 0 aromatic heterocycles. The molecule has 1 aliphatic carbocycles. The number of carbonyl (C=O) groups is 1. The number of hydrogen-bond acceptors (Lipinski definition) is 3. The van der Waals surface area contributed by atoms with E-state index < -0.39 is 4.92 Å². The Bertz CT molecular complexity index is 541. The first kappa shape index (κ1) is 14.8. The number of nitrogens with zero attached hydrogens (tertiary/aromatic N) is 2. The lowest BCUT2D eigenvalue weighted by molar-refractivity contribution is -0.385. The van der Waals surface area contributed by atoms with E-state index in [0.29, 0.717) is 23.6 Å². The molecule has 0 unspecified atom stereocenters. The zero-order chi connectivity index (χ0) is 14.9. The van der Waals surface area contributed by atoms with Gasteiger partial charge in [-0.15, -0.1) is 11.6 Å². The highest BCUT2D eigenvalue weighted by Gasteiger charge is 2.29. The van der Waals surface area contributed by atoms with Gasteiger partial charge >= 0.3 is 0 Å². The van der Waals surface area contributed by atoms with Crippen molar-refractivity contribution in [1.29, 1.82) is 0 Å². The number of halogens is 1. The van der Waals surface area contributed by atoms with Crippen LogP contribution in [-0.4, -0.2) is 34.7 Å². The molecule has 2 rings (SSSR count). The molecule has 0 bridgehead atoms. The van der Waals surface area contributed by atoms with Crippen LogP contribution in [0.3, 0.4) is 0 Å². The fourth-order valence-electron chi connectivity index (χ4n) is 2.49. The summed E-state index contributed by atoms with van der Waals surface area (Å²) < 4.78 is 0. The number of nitro benzene ring substituents is 1. The van der Waals surface area contributed by atoms with Gasteiger partial charge in [-0.05, 0) is 37.8 Å². The van der Waals surface area contributed by atoms with Crippen molar-refractivity contribution >= 4 is 23.2 Å². The van der Waals surface area contributed by atoms with Gasteiger partial charge in [0, 0.05) is 36.2 Å². The summed E-state index contributed by atoms with van der Waals surface area (Å²) in [5, 5.41) is 11.0. The number of rotatable bonds is 4. The lowest BCUT2D eigenvalue weighted by atomic mass is 9.84. The van der Waals surface area contributed by atoms with Crippen LogP contribution in [0.15, 0.2) is 18.2 Å². The van der Waals surface area contributed by atoms with Crippen LogP contribution in [-0.2, 0) is 0 Å². The number of benzene rings is 1. The number of nitro groups is 1. The Balaban J connectivity index is 2.05. The molecule has 0 saturated heterocycles. The third kappa shape index (κ3) is 3.10. The second kappa shape index (κ2) is 5.79. The molecule has 1 amide bonds. The van der Waals surface area contributed by atoms with E-state index in [-0.39, 0.29) is 17.0 Å². The van der Waals surface area contributed by atoms with E-state index in [1.54, 1.807) is 24.9 Å². The van der Waals surface area contributed by atoms with Crippen molar-refractivity contribution < 1.29 is 9.72 Å². The third-order valence-corrected chi connectivity index (χ3v) is 4.05. The van der Waals surface area contributed by atoms with E-state index in [1.165, 1.54) is 12.1 Å². The van der Waals surface area contributed by atoms with Crippen LogP contribution in [0.2, 0.25) is 0 Å². The number of carbonyl (C=O) groups excluding carboxylic acids is 1. The van der Waals surface area contributed by atoms with E-state index >= 15 is 0 Å². The smallest absolute Gasteiger partial charge is 0.272 e. The average molecular weight is 297 g/mol. The molecule has 1 fully saturated rings. The zero-order valence-electron chi connectivity index (χ0n) is 11.5. The van der Waals surface area contributed by atoms with Crippen molar-refractivity contribution in [3.05, 3.63) is 39.4 Å². The highest BCUT2D eigenvalue weighted by molar-refractivity contribution is 6.21. The highest BCUT2D eigenvalue weighted by atomic mass is 35.5. The van der Waals surface area contributed by atoms with Crippen LogP contribution in [0.25, 0.3) is 0 Å². The normalized spacial score (nSPS) is 21.1. The summed E-state index contributed by atoms with van der Waals surface area (Å²) in [5.41, 5.74) is 1.02. The Labute approximate surface area is 122 Å². The van der Waals surface area contributed by atoms with E-state index in [0.717, 1.165) is 12.8 Å². The van der Waals surface area contributed by atoms with Crippen molar-refractivity contribution in [3.8, 4) is 0 Å². The monoisotopic (exact) mass is 296 g/mol. The number of alkyl halides is 1. The summed E-state index contributed by atoms with van der Waals surface area (Å²) in [7, 11) is 1.75. The molecule has 0 spiro atoms. The van der Waals surface area contributed by atoms with E-state index in [1.807, 2.05) is 0 Å². The zero-order valence-corrected chi connectivity index (χ0v) is 12.3. The molecule has 0 radical (unpaired) electrons. The fraction of sp³-hybridized carbons (Fsp3) is 0.500. The first-order valence-corrected chi connectivity index (χ1v) is 6.96. The van der Waals surface area contributed by atoms with Crippen molar-refractivity contribution in [2.45, 2.75) is 25.1 Å². The Hall–Kier alpha value is -1.62. The maximum absolute atomic E-state index is 12.3. The van der Waals surface area contributed by atoms with Gasteiger partial charge in [0.25, 0.3) is 11.6 Å². The summed E-state index contributed by atoms with van der Waals surface area (Å²) in [6, 6.07) is 4.46. The fourth-order valence-corrected chi connectivity index (χ4v) is 2.99. The van der Waals surface area contributed by atoms with Crippen LogP contribution in [0.1, 0.15) is 28.8 Å².